The SMILES string of the molecule is O=C(CCCOc1ccc(Cl)cc1Cl)Nc1cccc(NC(=O)c2cccs2)c1. The molecular weight excluding hydrogens is 431 g/mol. The fourth-order valence-corrected chi connectivity index (χ4v) is 3.59. The fourth-order valence-electron chi connectivity index (χ4n) is 2.51. The van der Waals surface area contributed by atoms with Gasteiger partial charge in [0.25, 0.3) is 5.91 Å². The van der Waals surface area contributed by atoms with Crippen molar-refractivity contribution in [2.24, 2.45) is 0 Å². The molecule has 0 unspecified atom stereocenters. The number of carbonyl (C=O) groups excluding carboxylic acids is 2. The van der Waals surface area contributed by atoms with Crippen LogP contribution >= 0.6 is 34.5 Å². The fraction of sp³-hybridized carbons (Fsp3) is 0.143. The van der Waals surface area contributed by atoms with Crippen molar-refractivity contribution >= 4 is 57.7 Å². The van der Waals surface area contributed by atoms with E-state index in [9.17, 15) is 9.59 Å². The summed E-state index contributed by atoms with van der Waals surface area (Å²) in [6.45, 7) is 0.353. The summed E-state index contributed by atoms with van der Waals surface area (Å²) in [4.78, 5) is 24.9. The maximum absolute atomic E-state index is 12.2. The number of hydrogen-bond acceptors (Lipinski definition) is 4. The molecule has 3 rings (SSSR count). The first-order valence-electron chi connectivity index (χ1n) is 8.84. The molecule has 150 valence electrons. The number of benzene rings is 2. The number of amides is 2. The lowest BCUT2D eigenvalue weighted by Crippen LogP contribution is -2.14. The van der Waals surface area contributed by atoms with Crippen molar-refractivity contribution in [3.05, 3.63) is 74.9 Å². The molecule has 2 aromatic carbocycles. The van der Waals surface area contributed by atoms with Crippen LogP contribution in [-0.2, 0) is 4.79 Å². The molecule has 29 heavy (non-hydrogen) atoms. The van der Waals surface area contributed by atoms with E-state index in [1.165, 1.54) is 11.3 Å². The molecule has 0 bridgehead atoms. The molecule has 0 aliphatic rings. The lowest BCUT2D eigenvalue weighted by atomic mass is 10.2. The topological polar surface area (TPSA) is 67.4 Å². The Hall–Kier alpha value is -2.54. The molecule has 0 saturated carbocycles. The molecule has 8 heteroatoms. The third kappa shape index (κ3) is 6.49. The Morgan fingerprint density at radius 2 is 1.76 bits per heavy atom. The minimum absolute atomic E-state index is 0.141. The van der Waals surface area contributed by atoms with Crippen molar-refractivity contribution in [3.8, 4) is 5.75 Å². The number of thiophene rings is 1. The number of carbonyl (C=O) groups is 2. The zero-order chi connectivity index (χ0) is 20.6. The molecule has 0 spiro atoms. The lowest BCUT2D eigenvalue weighted by molar-refractivity contribution is -0.116. The molecule has 2 N–H and O–H groups in total. The van der Waals surface area contributed by atoms with Crippen LogP contribution in [-0.4, -0.2) is 18.4 Å². The Morgan fingerprint density at radius 3 is 2.48 bits per heavy atom. The Morgan fingerprint density at radius 1 is 0.966 bits per heavy atom. The van der Waals surface area contributed by atoms with E-state index in [0.717, 1.165) is 0 Å². The third-order valence-corrected chi connectivity index (χ3v) is 5.25. The van der Waals surface area contributed by atoms with E-state index < -0.39 is 0 Å². The normalized spacial score (nSPS) is 10.4. The molecule has 0 aliphatic heterocycles. The Kier molecular flexibility index (Phi) is 7.52. The summed E-state index contributed by atoms with van der Waals surface area (Å²) in [6, 6.07) is 15.6. The van der Waals surface area contributed by atoms with Crippen LogP contribution in [0.15, 0.2) is 60.0 Å². The maximum atomic E-state index is 12.2. The van der Waals surface area contributed by atoms with Crippen LogP contribution in [0.1, 0.15) is 22.5 Å². The predicted molar refractivity (Wildman–Crippen MR) is 119 cm³/mol. The van der Waals surface area contributed by atoms with Gasteiger partial charge in [-0.1, -0.05) is 35.3 Å². The van der Waals surface area contributed by atoms with E-state index in [-0.39, 0.29) is 18.2 Å². The number of nitrogens with one attached hydrogen (secondary N) is 2. The molecule has 3 aromatic rings. The molecule has 2 amide bonds. The summed E-state index contributed by atoms with van der Waals surface area (Å²) >= 11 is 13.3. The first-order valence-corrected chi connectivity index (χ1v) is 10.5. The zero-order valence-electron chi connectivity index (χ0n) is 15.3. The Balaban J connectivity index is 1.45. The average molecular weight is 449 g/mol. The molecule has 0 aliphatic carbocycles. The van der Waals surface area contributed by atoms with Crippen molar-refractivity contribution in [2.45, 2.75) is 12.8 Å². The number of rotatable bonds is 8. The third-order valence-electron chi connectivity index (χ3n) is 3.85. The van der Waals surface area contributed by atoms with Crippen LogP contribution in [0, 0.1) is 0 Å². The highest BCUT2D eigenvalue weighted by molar-refractivity contribution is 7.12. The van der Waals surface area contributed by atoms with Gasteiger partial charge in [-0.2, -0.15) is 0 Å². The van der Waals surface area contributed by atoms with Gasteiger partial charge in [0, 0.05) is 22.8 Å². The Labute approximate surface area is 182 Å². The van der Waals surface area contributed by atoms with Crippen molar-refractivity contribution in [2.75, 3.05) is 17.2 Å². The van der Waals surface area contributed by atoms with Crippen LogP contribution in [0.2, 0.25) is 10.0 Å². The number of halogens is 2. The van der Waals surface area contributed by atoms with Crippen molar-refractivity contribution in [3.63, 3.8) is 0 Å². The Bertz CT molecular complexity index is 993. The van der Waals surface area contributed by atoms with Gasteiger partial charge in [0.15, 0.2) is 0 Å². The molecule has 0 fully saturated rings. The minimum Gasteiger partial charge on any atom is -0.492 e. The average Bonchev–Trinajstić information content (AvgIpc) is 3.22. The molecule has 0 atom stereocenters. The van der Waals surface area contributed by atoms with Crippen LogP contribution in [0.5, 0.6) is 5.75 Å². The van der Waals surface area contributed by atoms with E-state index in [1.807, 2.05) is 11.4 Å². The summed E-state index contributed by atoms with van der Waals surface area (Å²) in [7, 11) is 0. The van der Waals surface area contributed by atoms with Gasteiger partial charge in [-0.15, -0.1) is 11.3 Å². The molecule has 0 saturated heterocycles. The number of anilines is 2. The van der Waals surface area contributed by atoms with Gasteiger partial charge in [0.1, 0.15) is 5.75 Å². The number of ether oxygens (including phenoxy) is 1. The van der Waals surface area contributed by atoms with Crippen LogP contribution in [0.25, 0.3) is 0 Å². The van der Waals surface area contributed by atoms with Gasteiger partial charge in [-0.3, -0.25) is 9.59 Å². The maximum Gasteiger partial charge on any atom is 0.265 e. The summed E-state index contributed by atoms with van der Waals surface area (Å²) in [5, 5.41) is 8.45. The van der Waals surface area contributed by atoms with Crippen LogP contribution < -0.4 is 15.4 Å². The lowest BCUT2D eigenvalue weighted by Gasteiger charge is -2.10. The van der Waals surface area contributed by atoms with Gasteiger partial charge in [0.2, 0.25) is 5.91 Å². The molecule has 1 aromatic heterocycles. The van der Waals surface area contributed by atoms with Crippen LogP contribution in [0.3, 0.4) is 0 Å². The highest BCUT2D eigenvalue weighted by atomic mass is 35.5. The molecule has 0 radical (unpaired) electrons. The van der Waals surface area contributed by atoms with E-state index >= 15 is 0 Å². The van der Waals surface area contributed by atoms with E-state index in [2.05, 4.69) is 10.6 Å². The first kappa shape index (κ1) is 21.2. The van der Waals surface area contributed by atoms with E-state index in [1.54, 1.807) is 48.5 Å². The number of hydrogen-bond donors (Lipinski definition) is 2. The van der Waals surface area contributed by atoms with Gasteiger partial charge in [-0.25, -0.2) is 0 Å². The standard InChI is InChI=1S/C21H18Cl2N2O3S/c22-14-8-9-18(17(23)12-14)28-10-2-7-20(26)24-15-4-1-5-16(13-15)25-21(27)19-6-3-11-29-19/h1,3-6,8-9,11-13H,2,7,10H2,(H,24,26)(H,25,27). The van der Waals surface area contributed by atoms with Crippen molar-refractivity contribution < 1.29 is 14.3 Å². The highest BCUT2D eigenvalue weighted by Crippen LogP contribution is 2.27. The monoisotopic (exact) mass is 448 g/mol. The summed E-state index contributed by atoms with van der Waals surface area (Å²) in [5.41, 5.74) is 1.22. The van der Waals surface area contributed by atoms with Crippen molar-refractivity contribution in [1.29, 1.82) is 0 Å². The largest absolute Gasteiger partial charge is 0.492 e. The molecular formula is C21H18Cl2N2O3S. The van der Waals surface area contributed by atoms with E-state index in [4.69, 9.17) is 27.9 Å². The van der Waals surface area contributed by atoms with Gasteiger partial charge in [0.05, 0.1) is 16.5 Å². The van der Waals surface area contributed by atoms with Gasteiger partial charge < -0.3 is 15.4 Å². The van der Waals surface area contributed by atoms with Gasteiger partial charge >= 0.3 is 0 Å². The first-order chi connectivity index (χ1) is 14.0. The quantitative estimate of drug-likeness (QED) is 0.408. The zero-order valence-corrected chi connectivity index (χ0v) is 17.6. The summed E-state index contributed by atoms with van der Waals surface area (Å²) < 4.78 is 5.57. The van der Waals surface area contributed by atoms with Crippen LogP contribution in [0.4, 0.5) is 11.4 Å². The molecule has 1 heterocycles. The second-order valence-corrected chi connectivity index (χ2v) is 7.88. The van der Waals surface area contributed by atoms with Crippen molar-refractivity contribution in [1.82, 2.24) is 0 Å². The minimum atomic E-state index is -0.179. The van der Waals surface area contributed by atoms with E-state index in [0.29, 0.717) is 45.1 Å². The van der Waals surface area contributed by atoms with Gasteiger partial charge in [-0.05, 0) is 54.3 Å². The highest BCUT2D eigenvalue weighted by Gasteiger charge is 2.08. The smallest absolute Gasteiger partial charge is 0.265 e. The second-order valence-electron chi connectivity index (χ2n) is 6.09. The predicted octanol–water partition coefficient (Wildman–Crippen LogP) is 6.10. The summed E-state index contributed by atoms with van der Waals surface area (Å²) in [5.74, 6) is 0.213. The summed E-state index contributed by atoms with van der Waals surface area (Å²) in [6.07, 6.45) is 0.816. The molecule has 5 nitrogen and oxygen atoms in total. The second kappa shape index (κ2) is 10.3.